The second kappa shape index (κ2) is 4.95. The van der Waals surface area contributed by atoms with E-state index in [0.717, 1.165) is 11.6 Å². The highest BCUT2D eigenvalue weighted by atomic mass is 16.5. The molecule has 1 aromatic heterocycles. The molecule has 0 saturated heterocycles. The minimum absolute atomic E-state index is 0.224. The molecule has 1 N–H and O–H groups in total. The molecule has 0 bridgehead atoms. The van der Waals surface area contributed by atoms with Gasteiger partial charge in [0.1, 0.15) is 5.75 Å². The number of ether oxygens (including phenoxy) is 1. The Morgan fingerprint density at radius 3 is 2.35 bits per heavy atom. The lowest BCUT2D eigenvalue weighted by Crippen LogP contribution is -2.06. The first-order valence-electron chi connectivity index (χ1n) is 5.59. The smallest absolute Gasteiger partial charge is 0.177 e. The Hall–Kier alpha value is -1.91. The second-order valence-corrected chi connectivity index (χ2v) is 4.12. The molecule has 5 heteroatoms. The van der Waals surface area contributed by atoms with Crippen LogP contribution >= 0.6 is 0 Å². The standard InChI is InChI=1S/C12H16N4O/c1-8(9(2)12-13-15-16-14-12)10-4-6-11(17-3)7-5-10/h4-9H,1-3H3,(H,13,14,15,16)/t8-,9-/m0/s1. The van der Waals surface area contributed by atoms with Gasteiger partial charge in [-0.15, -0.1) is 10.2 Å². The molecule has 90 valence electrons. The lowest BCUT2D eigenvalue weighted by Gasteiger charge is -2.17. The molecule has 0 amide bonds. The fourth-order valence-corrected chi connectivity index (χ4v) is 1.78. The number of aromatic amines is 1. The summed E-state index contributed by atoms with van der Waals surface area (Å²) in [7, 11) is 1.67. The molecule has 2 rings (SSSR count). The molecule has 1 heterocycles. The highest BCUT2D eigenvalue weighted by Gasteiger charge is 2.19. The maximum Gasteiger partial charge on any atom is 0.177 e. The highest BCUT2D eigenvalue weighted by molar-refractivity contribution is 5.30. The molecule has 0 fully saturated rings. The van der Waals surface area contributed by atoms with E-state index in [4.69, 9.17) is 4.74 Å². The molecule has 0 aliphatic carbocycles. The molecule has 0 saturated carbocycles. The number of benzene rings is 1. The van der Waals surface area contributed by atoms with E-state index in [9.17, 15) is 0 Å². The van der Waals surface area contributed by atoms with E-state index < -0.39 is 0 Å². The Balaban J connectivity index is 2.16. The number of nitrogens with one attached hydrogen (secondary N) is 1. The van der Waals surface area contributed by atoms with Crippen molar-refractivity contribution in [2.24, 2.45) is 0 Å². The molecule has 0 unspecified atom stereocenters. The van der Waals surface area contributed by atoms with Crippen LogP contribution in [0.5, 0.6) is 5.75 Å². The summed E-state index contributed by atoms with van der Waals surface area (Å²) in [5, 5.41) is 14.1. The first-order chi connectivity index (χ1) is 8.22. The number of tetrazole rings is 1. The quantitative estimate of drug-likeness (QED) is 0.877. The SMILES string of the molecule is COc1ccc([C@@H](C)[C@H](C)c2nn[nH]n2)cc1. The predicted octanol–water partition coefficient (Wildman–Crippen LogP) is 2.12. The monoisotopic (exact) mass is 232 g/mol. The highest BCUT2D eigenvalue weighted by Crippen LogP contribution is 2.30. The van der Waals surface area contributed by atoms with Gasteiger partial charge in [0.2, 0.25) is 0 Å². The average molecular weight is 232 g/mol. The van der Waals surface area contributed by atoms with Gasteiger partial charge in [-0.1, -0.05) is 31.2 Å². The summed E-state index contributed by atoms with van der Waals surface area (Å²) in [6, 6.07) is 8.07. The molecule has 0 radical (unpaired) electrons. The maximum atomic E-state index is 5.14. The third kappa shape index (κ3) is 2.43. The Kier molecular flexibility index (Phi) is 3.37. The van der Waals surface area contributed by atoms with Crippen LogP contribution in [0.2, 0.25) is 0 Å². The largest absolute Gasteiger partial charge is 0.497 e. The van der Waals surface area contributed by atoms with Crippen molar-refractivity contribution < 1.29 is 4.74 Å². The van der Waals surface area contributed by atoms with Crippen molar-refractivity contribution in [3.63, 3.8) is 0 Å². The summed E-state index contributed by atoms with van der Waals surface area (Å²) < 4.78 is 5.14. The van der Waals surface area contributed by atoms with E-state index in [1.54, 1.807) is 7.11 Å². The fraction of sp³-hybridized carbons (Fsp3) is 0.417. The number of rotatable bonds is 4. The van der Waals surface area contributed by atoms with Crippen molar-refractivity contribution in [2.45, 2.75) is 25.7 Å². The summed E-state index contributed by atoms with van der Waals surface area (Å²) >= 11 is 0. The van der Waals surface area contributed by atoms with Gasteiger partial charge in [-0.05, 0) is 23.6 Å². The third-order valence-corrected chi connectivity index (χ3v) is 3.16. The molecule has 5 nitrogen and oxygen atoms in total. The van der Waals surface area contributed by atoms with E-state index in [1.807, 2.05) is 12.1 Å². The lowest BCUT2D eigenvalue weighted by molar-refractivity contribution is 0.414. The zero-order valence-corrected chi connectivity index (χ0v) is 10.2. The minimum Gasteiger partial charge on any atom is -0.497 e. The van der Waals surface area contributed by atoms with Gasteiger partial charge in [0.25, 0.3) is 0 Å². The van der Waals surface area contributed by atoms with Crippen LogP contribution in [0.15, 0.2) is 24.3 Å². The molecule has 0 spiro atoms. The van der Waals surface area contributed by atoms with Crippen LogP contribution < -0.4 is 4.74 Å². The zero-order valence-electron chi connectivity index (χ0n) is 10.2. The molecular weight excluding hydrogens is 216 g/mol. The molecule has 17 heavy (non-hydrogen) atoms. The van der Waals surface area contributed by atoms with Crippen molar-refractivity contribution in [3.05, 3.63) is 35.7 Å². The number of hydrogen-bond donors (Lipinski definition) is 1. The van der Waals surface area contributed by atoms with Gasteiger partial charge in [-0.2, -0.15) is 5.21 Å². The van der Waals surface area contributed by atoms with E-state index in [2.05, 4.69) is 46.6 Å². The first kappa shape index (κ1) is 11.6. The third-order valence-electron chi connectivity index (χ3n) is 3.16. The second-order valence-electron chi connectivity index (χ2n) is 4.12. The van der Waals surface area contributed by atoms with Gasteiger partial charge in [-0.25, -0.2) is 0 Å². The van der Waals surface area contributed by atoms with Crippen LogP contribution in [0, 0.1) is 0 Å². The molecule has 0 aliphatic rings. The Morgan fingerprint density at radius 2 is 1.82 bits per heavy atom. The van der Waals surface area contributed by atoms with Gasteiger partial charge in [0, 0.05) is 5.92 Å². The number of nitrogens with zero attached hydrogens (tertiary/aromatic N) is 3. The van der Waals surface area contributed by atoms with Gasteiger partial charge in [0.05, 0.1) is 7.11 Å². The topological polar surface area (TPSA) is 63.7 Å². The van der Waals surface area contributed by atoms with Gasteiger partial charge in [0.15, 0.2) is 5.82 Å². The molecule has 2 atom stereocenters. The molecule has 0 aliphatic heterocycles. The van der Waals surface area contributed by atoms with E-state index in [1.165, 1.54) is 5.56 Å². The van der Waals surface area contributed by atoms with Gasteiger partial charge < -0.3 is 4.74 Å². The summed E-state index contributed by atoms with van der Waals surface area (Å²) in [5.74, 6) is 2.17. The number of hydrogen-bond acceptors (Lipinski definition) is 4. The normalized spacial score (nSPS) is 14.3. The lowest BCUT2D eigenvalue weighted by atomic mass is 9.88. The summed E-state index contributed by atoms with van der Waals surface area (Å²) in [4.78, 5) is 0. The number of H-pyrrole nitrogens is 1. The Bertz CT molecular complexity index is 452. The average Bonchev–Trinajstić information content (AvgIpc) is 2.91. The fourth-order valence-electron chi connectivity index (χ4n) is 1.78. The van der Waals surface area contributed by atoms with E-state index in [0.29, 0.717) is 5.92 Å². The van der Waals surface area contributed by atoms with E-state index >= 15 is 0 Å². The van der Waals surface area contributed by atoms with Crippen LogP contribution in [0.3, 0.4) is 0 Å². The number of methoxy groups -OCH3 is 1. The molecular formula is C12H16N4O. The Labute approximate surface area is 100 Å². The van der Waals surface area contributed by atoms with Crippen LogP contribution in [0.25, 0.3) is 0 Å². The van der Waals surface area contributed by atoms with Crippen molar-refractivity contribution in [1.29, 1.82) is 0 Å². The van der Waals surface area contributed by atoms with Crippen LogP contribution in [0.4, 0.5) is 0 Å². The van der Waals surface area contributed by atoms with Gasteiger partial charge in [-0.3, -0.25) is 0 Å². The Morgan fingerprint density at radius 1 is 1.12 bits per heavy atom. The van der Waals surface area contributed by atoms with Crippen LogP contribution in [0.1, 0.15) is 37.1 Å². The summed E-state index contributed by atoms with van der Waals surface area (Å²) in [6.45, 7) is 4.25. The summed E-state index contributed by atoms with van der Waals surface area (Å²) in [6.07, 6.45) is 0. The van der Waals surface area contributed by atoms with Crippen molar-refractivity contribution >= 4 is 0 Å². The zero-order chi connectivity index (χ0) is 12.3. The van der Waals surface area contributed by atoms with Gasteiger partial charge >= 0.3 is 0 Å². The molecule has 2 aromatic rings. The van der Waals surface area contributed by atoms with E-state index in [-0.39, 0.29) is 5.92 Å². The van der Waals surface area contributed by atoms with Crippen molar-refractivity contribution in [2.75, 3.05) is 7.11 Å². The molecule has 1 aromatic carbocycles. The van der Waals surface area contributed by atoms with Crippen LogP contribution in [-0.2, 0) is 0 Å². The van der Waals surface area contributed by atoms with Crippen molar-refractivity contribution in [1.82, 2.24) is 20.6 Å². The summed E-state index contributed by atoms with van der Waals surface area (Å²) in [5.41, 5.74) is 1.24. The number of aromatic nitrogens is 4. The van der Waals surface area contributed by atoms with Crippen molar-refractivity contribution in [3.8, 4) is 5.75 Å². The minimum atomic E-state index is 0.224. The maximum absolute atomic E-state index is 5.14. The first-order valence-corrected chi connectivity index (χ1v) is 5.59. The van der Waals surface area contributed by atoms with Crippen LogP contribution in [-0.4, -0.2) is 27.7 Å². The predicted molar refractivity (Wildman–Crippen MR) is 64.0 cm³/mol.